The molecular formula is C12H21N3. The fraction of sp³-hybridized carbons (Fsp3) is 0.500. The van der Waals surface area contributed by atoms with Gasteiger partial charge in [-0.2, -0.15) is 0 Å². The maximum absolute atomic E-state index is 5.74. The summed E-state index contributed by atoms with van der Waals surface area (Å²) in [6.45, 7) is 7.22. The molecule has 0 spiro atoms. The van der Waals surface area contributed by atoms with Crippen LogP contribution in [0.25, 0.3) is 0 Å². The van der Waals surface area contributed by atoms with E-state index in [0.717, 1.165) is 36.6 Å². The molecule has 1 aromatic carbocycles. The van der Waals surface area contributed by atoms with Gasteiger partial charge in [-0.15, -0.1) is 0 Å². The lowest BCUT2D eigenvalue weighted by Gasteiger charge is -2.09. The minimum atomic E-state index is 0.852. The van der Waals surface area contributed by atoms with Crippen LogP contribution in [0.3, 0.4) is 0 Å². The van der Waals surface area contributed by atoms with Crippen LogP contribution in [0.2, 0.25) is 0 Å². The maximum Gasteiger partial charge on any atom is 0.0345 e. The van der Waals surface area contributed by atoms with E-state index in [1.807, 2.05) is 19.1 Å². The Morgan fingerprint density at radius 1 is 1.20 bits per heavy atom. The van der Waals surface area contributed by atoms with Crippen LogP contribution < -0.4 is 16.4 Å². The number of nitrogens with one attached hydrogen (secondary N) is 2. The first-order valence-corrected chi connectivity index (χ1v) is 5.54. The zero-order valence-electron chi connectivity index (χ0n) is 9.64. The summed E-state index contributed by atoms with van der Waals surface area (Å²) in [5.41, 5.74) is 8.86. The Morgan fingerprint density at radius 3 is 2.67 bits per heavy atom. The molecule has 0 unspecified atom stereocenters. The van der Waals surface area contributed by atoms with Crippen molar-refractivity contribution in [3.63, 3.8) is 0 Å². The van der Waals surface area contributed by atoms with Crippen LogP contribution in [0.15, 0.2) is 18.2 Å². The fourth-order valence-corrected chi connectivity index (χ4v) is 1.38. The van der Waals surface area contributed by atoms with Gasteiger partial charge in [-0.1, -0.05) is 6.92 Å². The maximum atomic E-state index is 5.74. The number of hydrogen-bond donors (Lipinski definition) is 3. The van der Waals surface area contributed by atoms with Crippen LogP contribution in [0, 0.1) is 6.92 Å². The van der Waals surface area contributed by atoms with Gasteiger partial charge < -0.3 is 16.4 Å². The molecule has 0 amide bonds. The van der Waals surface area contributed by atoms with Crippen LogP contribution >= 0.6 is 0 Å². The first-order chi connectivity index (χ1) is 7.24. The zero-order valence-corrected chi connectivity index (χ0v) is 9.64. The van der Waals surface area contributed by atoms with Gasteiger partial charge in [0.25, 0.3) is 0 Å². The number of benzene rings is 1. The van der Waals surface area contributed by atoms with Gasteiger partial charge in [0.15, 0.2) is 0 Å². The molecule has 1 aromatic rings. The Balaban J connectivity index is 2.28. The molecule has 15 heavy (non-hydrogen) atoms. The molecule has 1 rings (SSSR count). The minimum absolute atomic E-state index is 0.852. The van der Waals surface area contributed by atoms with Crippen LogP contribution in [-0.4, -0.2) is 19.6 Å². The number of aryl methyl sites for hydroxylation is 1. The van der Waals surface area contributed by atoms with Gasteiger partial charge in [0.2, 0.25) is 0 Å². The zero-order chi connectivity index (χ0) is 11.1. The van der Waals surface area contributed by atoms with Crippen molar-refractivity contribution in [2.24, 2.45) is 0 Å². The van der Waals surface area contributed by atoms with Gasteiger partial charge >= 0.3 is 0 Å². The summed E-state index contributed by atoms with van der Waals surface area (Å²) < 4.78 is 0. The van der Waals surface area contributed by atoms with Crippen LogP contribution in [-0.2, 0) is 0 Å². The minimum Gasteiger partial charge on any atom is -0.399 e. The molecule has 84 valence electrons. The van der Waals surface area contributed by atoms with Gasteiger partial charge in [0.05, 0.1) is 0 Å². The lowest BCUT2D eigenvalue weighted by atomic mass is 10.2. The Kier molecular flexibility index (Phi) is 4.98. The highest BCUT2D eigenvalue weighted by molar-refractivity contribution is 5.56. The third-order valence-corrected chi connectivity index (χ3v) is 2.33. The summed E-state index contributed by atoms with van der Waals surface area (Å²) >= 11 is 0. The molecule has 3 nitrogen and oxygen atoms in total. The van der Waals surface area contributed by atoms with Gasteiger partial charge in [0, 0.05) is 24.5 Å². The highest BCUT2D eigenvalue weighted by atomic mass is 14.9. The number of anilines is 2. The molecule has 0 heterocycles. The van der Waals surface area contributed by atoms with E-state index >= 15 is 0 Å². The van der Waals surface area contributed by atoms with E-state index in [2.05, 4.69) is 23.6 Å². The van der Waals surface area contributed by atoms with Crippen molar-refractivity contribution in [1.29, 1.82) is 0 Å². The van der Waals surface area contributed by atoms with Crippen LogP contribution in [0.5, 0.6) is 0 Å². The second kappa shape index (κ2) is 6.30. The molecular weight excluding hydrogens is 186 g/mol. The Morgan fingerprint density at radius 2 is 2.00 bits per heavy atom. The Hall–Kier alpha value is -1.22. The SMILES string of the molecule is CCCNCCNc1ccc(N)c(C)c1. The van der Waals surface area contributed by atoms with Crippen molar-refractivity contribution < 1.29 is 0 Å². The summed E-state index contributed by atoms with van der Waals surface area (Å²) in [6.07, 6.45) is 1.18. The largest absolute Gasteiger partial charge is 0.399 e. The molecule has 4 N–H and O–H groups in total. The molecule has 0 atom stereocenters. The van der Waals surface area contributed by atoms with Gasteiger partial charge in [0.1, 0.15) is 0 Å². The molecule has 0 fully saturated rings. The highest BCUT2D eigenvalue weighted by Crippen LogP contribution is 2.15. The van der Waals surface area contributed by atoms with Crippen molar-refractivity contribution in [2.45, 2.75) is 20.3 Å². The van der Waals surface area contributed by atoms with E-state index in [0.29, 0.717) is 0 Å². The van der Waals surface area contributed by atoms with Crippen molar-refractivity contribution in [1.82, 2.24) is 5.32 Å². The summed E-state index contributed by atoms with van der Waals surface area (Å²) in [5.74, 6) is 0. The number of nitrogens with two attached hydrogens (primary N) is 1. The monoisotopic (exact) mass is 207 g/mol. The molecule has 0 saturated heterocycles. The molecule has 3 heteroatoms. The molecule has 0 radical (unpaired) electrons. The second-order valence-corrected chi connectivity index (χ2v) is 3.75. The molecule has 0 saturated carbocycles. The van der Waals surface area contributed by atoms with Gasteiger partial charge in [-0.05, 0) is 43.7 Å². The highest BCUT2D eigenvalue weighted by Gasteiger charge is 1.95. The average Bonchev–Trinajstić information content (AvgIpc) is 2.23. The van der Waals surface area contributed by atoms with Gasteiger partial charge in [-0.25, -0.2) is 0 Å². The topological polar surface area (TPSA) is 50.1 Å². The summed E-state index contributed by atoms with van der Waals surface area (Å²) in [6, 6.07) is 6.04. The summed E-state index contributed by atoms with van der Waals surface area (Å²) in [4.78, 5) is 0. The van der Waals surface area contributed by atoms with E-state index in [9.17, 15) is 0 Å². The van der Waals surface area contributed by atoms with Crippen molar-refractivity contribution in [3.05, 3.63) is 23.8 Å². The van der Waals surface area contributed by atoms with E-state index in [-0.39, 0.29) is 0 Å². The van der Waals surface area contributed by atoms with E-state index < -0.39 is 0 Å². The van der Waals surface area contributed by atoms with E-state index in [1.54, 1.807) is 0 Å². The lowest BCUT2D eigenvalue weighted by Crippen LogP contribution is -2.22. The van der Waals surface area contributed by atoms with Crippen LogP contribution in [0.4, 0.5) is 11.4 Å². The quantitative estimate of drug-likeness (QED) is 0.494. The van der Waals surface area contributed by atoms with Crippen LogP contribution in [0.1, 0.15) is 18.9 Å². The van der Waals surface area contributed by atoms with Crippen molar-refractivity contribution in [3.8, 4) is 0 Å². The summed E-state index contributed by atoms with van der Waals surface area (Å²) in [5, 5.41) is 6.70. The standard InChI is InChI=1S/C12H21N3/c1-3-6-14-7-8-15-11-4-5-12(13)10(2)9-11/h4-5,9,14-15H,3,6-8,13H2,1-2H3. The van der Waals surface area contributed by atoms with E-state index in [4.69, 9.17) is 5.73 Å². The molecule has 0 aliphatic carbocycles. The predicted molar refractivity (Wildman–Crippen MR) is 67.2 cm³/mol. The van der Waals surface area contributed by atoms with Crippen molar-refractivity contribution >= 4 is 11.4 Å². The fourth-order valence-electron chi connectivity index (χ4n) is 1.38. The second-order valence-electron chi connectivity index (χ2n) is 3.75. The molecule has 0 aliphatic rings. The average molecular weight is 207 g/mol. The third kappa shape index (κ3) is 4.21. The summed E-state index contributed by atoms with van der Waals surface area (Å²) in [7, 11) is 0. The molecule has 0 aliphatic heterocycles. The first kappa shape index (κ1) is 11.9. The first-order valence-electron chi connectivity index (χ1n) is 5.54. The Labute approximate surface area is 92.1 Å². The number of nitrogen functional groups attached to an aromatic ring is 1. The number of hydrogen-bond acceptors (Lipinski definition) is 3. The molecule has 0 bridgehead atoms. The van der Waals surface area contributed by atoms with Crippen molar-refractivity contribution in [2.75, 3.05) is 30.7 Å². The van der Waals surface area contributed by atoms with E-state index in [1.165, 1.54) is 6.42 Å². The number of rotatable bonds is 6. The van der Waals surface area contributed by atoms with Gasteiger partial charge in [-0.3, -0.25) is 0 Å². The molecule has 0 aromatic heterocycles. The third-order valence-electron chi connectivity index (χ3n) is 2.33. The lowest BCUT2D eigenvalue weighted by molar-refractivity contribution is 0.688. The Bertz CT molecular complexity index is 297. The predicted octanol–water partition coefficient (Wildman–Crippen LogP) is 1.99. The normalized spacial score (nSPS) is 10.3. The smallest absolute Gasteiger partial charge is 0.0345 e.